The van der Waals surface area contributed by atoms with Gasteiger partial charge >= 0.3 is 0 Å². The SMILES string of the molecule is Cc1ccc2c(n1)c1nc(C)ccc1c1nc3ccccc3nc21.[Ru].c1ccc(-c2ccccn2)nc1.c1ccc(-c2ccccn2)nc1. The molecule has 0 amide bonds. The quantitative estimate of drug-likeness (QED) is 0.0991. The smallest absolute Gasteiger partial charge is 0.0996 e. The van der Waals surface area contributed by atoms with E-state index in [0.717, 1.165) is 78.0 Å². The molecule has 0 saturated heterocycles. The number of aryl methyl sites for hydroxylation is 2. The maximum Gasteiger partial charge on any atom is 0.0996 e. The van der Waals surface area contributed by atoms with Crippen molar-refractivity contribution in [2.75, 3.05) is 0 Å². The molecule has 0 bridgehead atoms. The van der Waals surface area contributed by atoms with Gasteiger partial charge in [0.1, 0.15) is 0 Å². The molecule has 9 aromatic rings. The van der Waals surface area contributed by atoms with Crippen molar-refractivity contribution in [2.45, 2.75) is 13.8 Å². The van der Waals surface area contributed by atoms with Gasteiger partial charge in [-0.15, -0.1) is 0 Å². The number of nitrogens with zero attached hydrogens (tertiary/aromatic N) is 8. The van der Waals surface area contributed by atoms with E-state index >= 15 is 0 Å². The van der Waals surface area contributed by atoms with Crippen LogP contribution in [0.1, 0.15) is 11.4 Å². The summed E-state index contributed by atoms with van der Waals surface area (Å²) in [5.74, 6) is 0. The average molecular weight is 724 g/mol. The van der Waals surface area contributed by atoms with Crippen LogP contribution in [0.3, 0.4) is 0 Å². The Bertz CT molecular complexity index is 2210. The van der Waals surface area contributed by atoms with Crippen molar-refractivity contribution in [1.82, 2.24) is 39.9 Å². The number of para-hydroxylation sites is 2. The van der Waals surface area contributed by atoms with Crippen molar-refractivity contribution in [1.29, 1.82) is 0 Å². The number of aromatic nitrogens is 8. The van der Waals surface area contributed by atoms with Crippen LogP contribution < -0.4 is 0 Å². The van der Waals surface area contributed by atoms with Crippen LogP contribution >= 0.6 is 0 Å². The van der Waals surface area contributed by atoms with Gasteiger partial charge in [-0.25, -0.2) is 9.97 Å². The van der Waals surface area contributed by atoms with E-state index in [-0.39, 0.29) is 19.5 Å². The Morgan fingerprint density at radius 1 is 0.327 bits per heavy atom. The van der Waals surface area contributed by atoms with Crippen LogP contribution in [0.15, 0.2) is 146 Å². The fourth-order valence-electron chi connectivity index (χ4n) is 5.29. The average Bonchev–Trinajstić information content (AvgIpc) is 3.16. The Morgan fingerprint density at radius 3 is 0.939 bits per heavy atom. The third kappa shape index (κ3) is 7.48. The van der Waals surface area contributed by atoms with Crippen molar-refractivity contribution in [3.8, 4) is 22.8 Å². The normalized spacial score (nSPS) is 10.5. The second kappa shape index (κ2) is 15.3. The number of hydrogen-bond acceptors (Lipinski definition) is 8. The van der Waals surface area contributed by atoms with Gasteiger partial charge in [0.05, 0.1) is 55.9 Å². The minimum absolute atomic E-state index is 0. The molecule has 9 rings (SSSR count). The molecule has 0 atom stereocenters. The van der Waals surface area contributed by atoms with Crippen molar-refractivity contribution in [2.24, 2.45) is 0 Å². The minimum atomic E-state index is 0. The van der Waals surface area contributed by atoms with Crippen LogP contribution in [-0.2, 0) is 19.5 Å². The van der Waals surface area contributed by atoms with Crippen LogP contribution in [-0.4, -0.2) is 39.9 Å². The minimum Gasteiger partial charge on any atom is -0.255 e. The van der Waals surface area contributed by atoms with Crippen LogP contribution in [0.4, 0.5) is 0 Å². The van der Waals surface area contributed by atoms with E-state index in [1.807, 2.05) is 123 Å². The number of rotatable bonds is 2. The standard InChI is InChI=1S/C20H14N4.2C10H8N2.Ru/c1-11-7-9-13-17(21-11)18-14(10-8-12(2)22-18)20-19(13)23-15-5-3-4-6-16(15)24-20;2*1-3-7-11-9(5-1)10-6-2-4-8-12-10;/h3-10H,1-2H3;2*1-8H;. The molecule has 0 N–H and O–H groups in total. The molecule has 0 fully saturated rings. The van der Waals surface area contributed by atoms with Crippen molar-refractivity contribution in [3.63, 3.8) is 0 Å². The summed E-state index contributed by atoms with van der Waals surface area (Å²) in [6.45, 7) is 3.99. The van der Waals surface area contributed by atoms with E-state index in [2.05, 4.69) is 32.1 Å². The molecular formula is C40H30N8Ru. The molecule has 0 radical (unpaired) electrons. The number of fused-ring (bicyclic) bond motifs is 7. The maximum atomic E-state index is 4.88. The Hall–Kier alpha value is -5.92. The summed E-state index contributed by atoms with van der Waals surface area (Å²) in [6.07, 6.45) is 7.07. The van der Waals surface area contributed by atoms with Crippen LogP contribution in [0, 0.1) is 13.8 Å². The summed E-state index contributed by atoms with van der Waals surface area (Å²) >= 11 is 0. The number of hydrogen-bond donors (Lipinski definition) is 0. The Balaban J connectivity index is 0.000000141. The molecule has 9 heteroatoms. The Kier molecular flexibility index (Phi) is 10.3. The van der Waals surface area contributed by atoms with Gasteiger partial charge in [0.2, 0.25) is 0 Å². The first-order valence-corrected chi connectivity index (χ1v) is 15.5. The molecule has 0 aliphatic rings. The molecular weight excluding hydrogens is 694 g/mol. The van der Waals surface area contributed by atoms with Gasteiger partial charge in [-0.05, 0) is 98.8 Å². The predicted molar refractivity (Wildman–Crippen MR) is 192 cm³/mol. The van der Waals surface area contributed by atoms with Crippen molar-refractivity contribution in [3.05, 3.63) is 158 Å². The maximum absolute atomic E-state index is 4.88. The van der Waals surface area contributed by atoms with E-state index in [1.165, 1.54) is 0 Å². The molecule has 0 saturated carbocycles. The van der Waals surface area contributed by atoms with Gasteiger partial charge in [-0.2, -0.15) is 0 Å². The van der Waals surface area contributed by atoms with E-state index in [4.69, 9.17) is 19.9 Å². The largest absolute Gasteiger partial charge is 0.255 e. The van der Waals surface area contributed by atoms with E-state index in [1.54, 1.807) is 24.8 Å². The van der Waals surface area contributed by atoms with Crippen molar-refractivity contribution >= 4 is 43.9 Å². The Labute approximate surface area is 296 Å². The van der Waals surface area contributed by atoms with Gasteiger partial charge < -0.3 is 0 Å². The first-order chi connectivity index (χ1) is 23.6. The predicted octanol–water partition coefficient (Wildman–Crippen LogP) is 8.78. The summed E-state index contributed by atoms with van der Waals surface area (Å²) in [4.78, 5) is 36.0. The molecule has 2 aromatic carbocycles. The zero-order valence-electron chi connectivity index (χ0n) is 26.8. The monoisotopic (exact) mass is 724 g/mol. The topological polar surface area (TPSA) is 103 Å². The zero-order chi connectivity index (χ0) is 32.7. The molecule has 7 heterocycles. The fraction of sp³-hybridized carbons (Fsp3) is 0.0500. The first kappa shape index (κ1) is 33.0. The summed E-state index contributed by atoms with van der Waals surface area (Å²) in [5.41, 5.74) is 10.9. The molecule has 0 aliphatic heterocycles. The summed E-state index contributed by atoms with van der Waals surface area (Å²) < 4.78 is 0. The van der Waals surface area contributed by atoms with E-state index in [9.17, 15) is 0 Å². The molecule has 0 unspecified atom stereocenters. The third-order valence-electron chi connectivity index (χ3n) is 7.56. The van der Waals surface area contributed by atoms with E-state index < -0.39 is 0 Å². The van der Waals surface area contributed by atoms with Crippen molar-refractivity contribution < 1.29 is 19.5 Å². The fourth-order valence-corrected chi connectivity index (χ4v) is 5.29. The van der Waals surface area contributed by atoms with Gasteiger partial charge in [0, 0.05) is 66.4 Å². The van der Waals surface area contributed by atoms with Gasteiger partial charge in [-0.3, -0.25) is 29.9 Å². The number of pyridine rings is 6. The molecule has 238 valence electrons. The van der Waals surface area contributed by atoms with Gasteiger partial charge in [-0.1, -0.05) is 36.4 Å². The second-order valence-electron chi connectivity index (χ2n) is 11.0. The molecule has 0 spiro atoms. The molecule has 0 aliphatic carbocycles. The van der Waals surface area contributed by atoms with Crippen LogP contribution in [0.5, 0.6) is 0 Å². The summed E-state index contributed by atoms with van der Waals surface area (Å²) in [5, 5.41) is 2.00. The molecule has 49 heavy (non-hydrogen) atoms. The zero-order valence-corrected chi connectivity index (χ0v) is 28.5. The van der Waals surface area contributed by atoms with Crippen LogP contribution in [0.2, 0.25) is 0 Å². The molecule has 7 aromatic heterocycles. The van der Waals surface area contributed by atoms with Gasteiger partial charge in [0.15, 0.2) is 0 Å². The van der Waals surface area contributed by atoms with E-state index in [0.29, 0.717) is 0 Å². The first-order valence-electron chi connectivity index (χ1n) is 15.5. The van der Waals surface area contributed by atoms with Gasteiger partial charge in [0.25, 0.3) is 0 Å². The number of benzene rings is 2. The summed E-state index contributed by atoms with van der Waals surface area (Å²) in [7, 11) is 0. The summed E-state index contributed by atoms with van der Waals surface area (Å²) in [6, 6.07) is 39.3. The molecule has 8 nitrogen and oxygen atoms in total. The second-order valence-corrected chi connectivity index (χ2v) is 11.0. The third-order valence-corrected chi connectivity index (χ3v) is 7.56. The Morgan fingerprint density at radius 2 is 0.633 bits per heavy atom. The van der Waals surface area contributed by atoms with Crippen LogP contribution in [0.25, 0.3) is 66.6 Å².